The van der Waals surface area contributed by atoms with Crippen molar-refractivity contribution in [3.63, 3.8) is 0 Å². The van der Waals surface area contributed by atoms with Gasteiger partial charge in [0.25, 0.3) is 0 Å². The van der Waals surface area contributed by atoms with Crippen molar-refractivity contribution in [1.82, 2.24) is 5.01 Å². The lowest BCUT2D eigenvalue weighted by Crippen LogP contribution is -2.42. The number of fused-ring (bicyclic) bond motifs is 1. The molecule has 11 heavy (non-hydrogen) atoms. The second-order valence-electron chi connectivity index (χ2n) is 3.56. The van der Waals surface area contributed by atoms with Crippen molar-refractivity contribution >= 4 is 5.87 Å². The lowest BCUT2D eigenvalue weighted by molar-refractivity contribution is 0.0489. The van der Waals surface area contributed by atoms with Crippen LogP contribution in [-0.2, 0) is 0 Å². The van der Waals surface area contributed by atoms with E-state index in [1.807, 2.05) is 0 Å². The Morgan fingerprint density at radius 3 is 2.64 bits per heavy atom. The van der Waals surface area contributed by atoms with Gasteiger partial charge in [-0.05, 0) is 37.7 Å². The molecule has 0 radical (unpaired) electrons. The summed E-state index contributed by atoms with van der Waals surface area (Å²) in [5.41, 5.74) is 0. The molecule has 2 atom stereocenters. The van der Waals surface area contributed by atoms with E-state index in [4.69, 9.17) is 0 Å². The maximum absolute atomic E-state index is 4.07. The van der Waals surface area contributed by atoms with Gasteiger partial charge in [-0.2, -0.15) is 0 Å². The minimum Gasteiger partial charge on any atom is -0.289 e. The van der Waals surface area contributed by atoms with Crippen LogP contribution in [0.25, 0.3) is 0 Å². The zero-order valence-corrected chi connectivity index (χ0v) is 6.79. The Morgan fingerprint density at radius 2 is 2.09 bits per heavy atom. The molecule has 60 valence electrons. The molecule has 0 spiro atoms. The summed E-state index contributed by atoms with van der Waals surface area (Å²) in [7, 11) is 0. The van der Waals surface area contributed by atoms with Crippen LogP contribution in [0.15, 0.2) is 11.7 Å². The SMILES string of the molecule is C=C=NN1CCC2CCC2C1. The predicted octanol–water partition coefficient (Wildman–Crippen LogP) is 1.49. The molecule has 1 aliphatic heterocycles. The normalized spacial score (nSPS) is 35.1. The maximum atomic E-state index is 4.07. The highest BCUT2D eigenvalue weighted by molar-refractivity contribution is 5.45. The first kappa shape index (κ1) is 6.93. The Bertz CT molecular complexity index is 194. The summed E-state index contributed by atoms with van der Waals surface area (Å²) in [5, 5.41) is 6.18. The van der Waals surface area contributed by atoms with Gasteiger partial charge in [-0.15, -0.1) is 5.10 Å². The van der Waals surface area contributed by atoms with Crippen molar-refractivity contribution in [2.75, 3.05) is 13.1 Å². The highest BCUT2D eigenvalue weighted by atomic mass is 15.4. The van der Waals surface area contributed by atoms with Crippen LogP contribution < -0.4 is 0 Å². The Labute approximate surface area is 67.6 Å². The zero-order valence-electron chi connectivity index (χ0n) is 6.79. The molecular weight excluding hydrogens is 136 g/mol. The lowest BCUT2D eigenvalue weighted by atomic mass is 9.70. The molecule has 0 N–H and O–H groups in total. The van der Waals surface area contributed by atoms with Gasteiger partial charge in [-0.1, -0.05) is 0 Å². The third kappa shape index (κ3) is 1.19. The molecule has 2 fully saturated rings. The highest BCUT2D eigenvalue weighted by Crippen LogP contribution is 2.40. The van der Waals surface area contributed by atoms with Gasteiger partial charge in [0, 0.05) is 19.0 Å². The van der Waals surface area contributed by atoms with Crippen LogP contribution in [0.1, 0.15) is 19.3 Å². The van der Waals surface area contributed by atoms with E-state index in [0.717, 1.165) is 24.9 Å². The summed E-state index contributed by atoms with van der Waals surface area (Å²) < 4.78 is 0. The van der Waals surface area contributed by atoms with Crippen molar-refractivity contribution in [3.8, 4) is 0 Å². The fourth-order valence-electron chi connectivity index (χ4n) is 2.13. The quantitative estimate of drug-likeness (QED) is 0.517. The van der Waals surface area contributed by atoms with Gasteiger partial charge < -0.3 is 0 Å². The first-order valence-electron chi connectivity index (χ1n) is 4.38. The molecule has 2 nitrogen and oxygen atoms in total. The minimum absolute atomic E-state index is 0.931. The van der Waals surface area contributed by atoms with E-state index in [1.165, 1.54) is 19.3 Å². The molecule has 1 saturated carbocycles. The summed E-state index contributed by atoms with van der Waals surface area (Å²) >= 11 is 0. The van der Waals surface area contributed by atoms with Crippen LogP contribution in [0, 0.1) is 11.8 Å². The maximum Gasteiger partial charge on any atom is 0.0398 e. The van der Waals surface area contributed by atoms with E-state index in [1.54, 1.807) is 0 Å². The second-order valence-corrected chi connectivity index (χ2v) is 3.56. The zero-order chi connectivity index (χ0) is 7.68. The molecule has 1 aliphatic carbocycles. The molecule has 2 rings (SSSR count). The van der Waals surface area contributed by atoms with Crippen LogP contribution in [0.3, 0.4) is 0 Å². The second kappa shape index (κ2) is 2.71. The van der Waals surface area contributed by atoms with Crippen LogP contribution in [0.2, 0.25) is 0 Å². The molecule has 0 aromatic carbocycles. The first-order valence-corrected chi connectivity index (χ1v) is 4.38. The molecule has 0 amide bonds. The standard InChI is InChI=1S/C9H14N2/c1-2-10-11-6-5-8-3-4-9(8)7-11/h8-9H,1,3-7H2. The van der Waals surface area contributed by atoms with Gasteiger partial charge in [0.15, 0.2) is 0 Å². The molecular formula is C9H14N2. The van der Waals surface area contributed by atoms with Crippen molar-refractivity contribution in [2.45, 2.75) is 19.3 Å². The van der Waals surface area contributed by atoms with Crippen LogP contribution in [-0.4, -0.2) is 24.0 Å². The molecule has 1 saturated heterocycles. The van der Waals surface area contributed by atoms with Crippen LogP contribution in [0.5, 0.6) is 0 Å². The van der Waals surface area contributed by atoms with Crippen molar-refractivity contribution in [2.24, 2.45) is 16.9 Å². The number of rotatable bonds is 1. The van der Waals surface area contributed by atoms with Crippen LogP contribution >= 0.6 is 0 Å². The molecule has 0 bridgehead atoms. The van der Waals surface area contributed by atoms with Crippen molar-refractivity contribution < 1.29 is 0 Å². The summed E-state index contributed by atoms with van der Waals surface area (Å²) in [6.45, 7) is 5.74. The topological polar surface area (TPSA) is 15.6 Å². The summed E-state index contributed by atoms with van der Waals surface area (Å²) in [5.74, 6) is 4.55. The van der Waals surface area contributed by atoms with Gasteiger partial charge >= 0.3 is 0 Å². The third-order valence-electron chi connectivity index (χ3n) is 2.99. The average Bonchev–Trinajstić information content (AvgIpc) is 1.96. The van der Waals surface area contributed by atoms with Gasteiger partial charge in [-0.3, -0.25) is 5.01 Å². The van der Waals surface area contributed by atoms with Gasteiger partial charge in [0.05, 0.1) is 0 Å². The van der Waals surface area contributed by atoms with E-state index in [9.17, 15) is 0 Å². The van der Waals surface area contributed by atoms with E-state index < -0.39 is 0 Å². The minimum atomic E-state index is 0.931. The highest BCUT2D eigenvalue weighted by Gasteiger charge is 2.35. The van der Waals surface area contributed by atoms with Crippen LogP contribution in [0.4, 0.5) is 0 Å². The van der Waals surface area contributed by atoms with Gasteiger partial charge in [0.1, 0.15) is 0 Å². The summed E-state index contributed by atoms with van der Waals surface area (Å²) in [6, 6.07) is 0. The number of hydrogen-bond acceptors (Lipinski definition) is 2. The number of piperidine rings is 1. The summed E-state index contributed by atoms with van der Waals surface area (Å²) in [4.78, 5) is 0. The van der Waals surface area contributed by atoms with Gasteiger partial charge in [0.2, 0.25) is 0 Å². The monoisotopic (exact) mass is 150 g/mol. The Balaban J connectivity index is 1.92. The molecule has 2 aliphatic rings. The van der Waals surface area contributed by atoms with E-state index in [2.05, 4.69) is 22.6 Å². The average molecular weight is 150 g/mol. The molecule has 2 heteroatoms. The first-order chi connectivity index (χ1) is 5.40. The number of hydrazone groups is 1. The molecule has 2 unspecified atom stereocenters. The fourth-order valence-corrected chi connectivity index (χ4v) is 2.13. The third-order valence-corrected chi connectivity index (χ3v) is 2.99. The van der Waals surface area contributed by atoms with Crippen molar-refractivity contribution in [3.05, 3.63) is 6.58 Å². The predicted molar refractivity (Wildman–Crippen MR) is 45.5 cm³/mol. The lowest BCUT2D eigenvalue weighted by Gasteiger charge is -2.43. The van der Waals surface area contributed by atoms with E-state index in [-0.39, 0.29) is 0 Å². The Kier molecular flexibility index (Phi) is 1.71. The fraction of sp³-hybridized carbons (Fsp3) is 0.778. The Hall–Kier alpha value is -0.750. The van der Waals surface area contributed by atoms with E-state index >= 15 is 0 Å². The largest absolute Gasteiger partial charge is 0.289 e. The summed E-state index contributed by atoms with van der Waals surface area (Å²) in [6.07, 6.45) is 4.19. The van der Waals surface area contributed by atoms with Crippen molar-refractivity contribution in [1.29, 1.82) is 0 Å². The smallest absolute Gasteiger partial charge is 0.0398 e. The Morgan fingerprint density at radius 1 is 1.27 bits per heavy atom. The van der Waals surface area contributed by atoms with Gasteiger partial charge in [-0.25, -0.2) is 0 Å². The molecule has 0 aromatic heterocycles. The molecule has 1 heterocycles. The van der Waals surface area contributed by atoms with E-state index in [0.29, 0.717) is 0 Å². The number of hydrogen-bond donors (Lipinski definition) is 0. The molecule has 0 aromatic rings. The number of nitrogens with zero attached hydrogens (tertiary/aromatic N) is 2.